The Hall–Kier alpha value is -2.30. The summed E-state index contributed by atoms with van der Waals surface area (Å²) >= 11 is 0. The molecular weight excluding hydrogens is 339 g/mol. The van der Waals surface area contributed by atoms with Crippen molar-refractivity contribution in [1.82, 2.24) is 5.32 Å². The zero-order valence-corrected chi connectivity index (χ0v) is 14.7. The third kappa shape index (κ3) is 3.92. The number of halogens is 3. The van der Waals surface area contributed by atoms with Crippen molar-refractivity contribution in [3.05, 3.63) is 70.3 Å². The van der Waals surface area contributed by atoms with Crippen LogP contribution in [0.5, 0.6) is 0 Å². The monoisotopic (exact) mass is 361 g/mol. The fourth-order valence-electron chi connectivity index (χ4n) is 3.56. The molecule has 26 heavy (non-hydrogen) atoms. The summed E-state index contributed by atoms with van der Waals surface area (Å²) < 4.78 is 39.5. The fraction of sp³-hybridized carbons (Fsp3) is 0.381. The molecule has 5 heteroatoms. The van der Waals surface area contributed by atoms with E-state index in [4.69, 9.17) is 0 Å². The number of benzene rings is 2. The van der Waals surface area contributed by atoms with E-state index in [0.29, 0.717) is 6.42 Å². The van der Waals surface area contributed by atoms with Gasteiger partial charge in [0.15, 0.2) is 0 Å². The number of nitrogens with one attached hydrogen (secondary N) is 1. The summed E-state index contributed by atoms with van der Waals surface area (Å²) in [6.07, 6.45) is 0.482. The molecule has 2 nitrogen and oxygen atoms in total. The zero-order chi connectivity index (χ0) is 18.7. The molecule has 1 unspecified atom stereocenters. The summed E-state index contributed by atoms with van der Waals surface area (Å²) in [5.41, 5.74) is 2.33. The lowest BCUT2D eigenvalue weighted by atomic mass is 9.88. The molecule has 1 aliphatic rings. The van der Waals surface area contributed by atoms with E-state index in [2.05, 4.69) is 17.4 Å². The first-order valence-electron chi connectivity index (χ1n) is 8.99. The average molecular weight is 361 g/mol. The first-order chi connectivity index (χ1) is 12.4. The molecule has 0 saturated carbocycles. The van der Waals surface area contributed by atoms with E-state index >= 15 is 0 Å². The van der Waals surface area contributed by atoms with E-state index in [1.807, 2.05) is 13.0 Å². The van der Waals surface area contributed by atoms with Gasteiger partial charge in [-0.25, -0.2) is 0 Å². The van der Waals surface area contributed by atoms with Gasteiger partial charge in [-0.1, -0.05) is 37.3 Å². The lowest BCUT2D eigenvalue weighted by Crippen LogP contribution is -2.30. The largest absolute Gasteiger partial charge is 0.417 e. The molecular formula is C21H22F3NO. The van der Waals surface area contributed by atoms with Crippen molar-refractivity contribution < 1.29 is 18.0 Å². The lowest BCUT2D eigenvalue weighted by Gasteiger charge is -2.22. The minimum atomic E-state index is -4.55. The van der Waals surface area contributed by atoms with Gasteiger partial charge >= 0.3 is 6.18 Å². The van der Waals surface area contributed by atoms with E-state index in [0.717, 1.165) is 30.9 Å². The number of hydrogen-bond donors (Lipinski definition) is 1. The number of alkyl halides is 3. The Kier molecular flexibility index (Phi) is 5.35. The Morgan fingerprint density at radius 3 is 2.46 bits per heavy atom. The molecule has 0 aliphatic heterocycles. The van der Waals surface area contributed by atoms with Crippen LogP contribution in [0.1, 0.15) is 64.8 Å². The van der Waals surface area contributed by atoms with Crippen LogP contribution in [-0.4, -0.2) is 5.91 Å². The molecule has 2 aromatic rings. The topological polar surface area (TPSA) is 29.1 Å². The van der Waals surface area contributed by atoms with Crippen molar-refractivity contribution in [2.24, 2.45) is 0 Å². The van der Waals surface area contributed by atoms with Gasteiger partial charge in [-0.2, -0.15) is 13.2 Å². The maximum Gasteiger partial charge on any atom is 0.417 e. The number of hydrogen-bond acceptors (Lipinski definition) is 1. The number of carbonyl (C=O) groups excluding carboxylic acids is 1. The Balaban J connectivity index is 1.84. The smallest absolute Gasteiger partial charge is 0.345 e. The molecule has 1 N–H and O–H groups in total. The van der Waals surface area contributed by atoms with Crippen LogP contribution in [0.15, 0.2) is 42.5 Å². The quantitative estimate of drug-likeness (QED) is 0.769. The third-order valence-electron chi connectivity index (χ3n) is 4.97. The van der Waals surface area contributed by atoms with Crippen LogP contribution in [0.2, 0.25) is 0 Å². The van der Waals surface area contributed by atoms with E-state index in [1.54, 1.807) is 0 Å². The summed E-state index contributed by atoms with van der Waals surface area (Å²) in [6.45, 7) is 1.92. The second-order valence-electron chi connectivity index (χ2n) is 6.71. The normalized spacial score (nSPS) is 15.2. The van der Waals surface area contributed by atoms with Gasteiger partial charge in [-0.05, 0) is 60.9 Å². The minimum Gasteiger partial charge on any atom is -0.345 e. The van der Waals surface area contributed by atoms with Gasteiger partial charge in [0.1, 0.15) is 0 Å². The highest BCUT2D eigenvalue weighted by Crippen LogP contribution is 2.32. The van der Waals surface area contributed by atoms with Crippen molar-refractivity contribution in [2.45, 2.75) is 51.2 Å². The Morgan fingerprint density at radius 1 is 1.08 bits per heavy atom. The Bertz CT molecular complexity index is 798. The molecule has 0 bridgehead atoms. The lowest BCUT2D eigenvalue weighted by molar-refractivity contribution is -0.137. The maximum absolute atomic E-state index is 13.2. The van der Waals surface area contributed by atoms with Crippen molar-refractivity contribution in [2.75, 3.05) is 0 Å². The summed E-state index contributed by atoms with van der Waals surface area (Å²) in [5, 5.41) is 2.78. The van der Waals surface area contributed by atoms with Crippen molar-refractivity contribution in [1.29, 1.82) is 0 Å². The second-order valence-corrected chi connectivity index (χ2v) is 6.71. The van der Waals surface area contributed by atoms with E-state index in [1.165, 1.54) is 35.7 Å². The van der Waals surface area contributed by atoms with Crippen LogP contribution in [-0.2, 0) is 19.0 Å². The van der Waals surface area contributed by atoms with Crippen LogP contribution >= 0.6 is 0 Å². The number of fused-ring (bicyclic) bond motifs is 1. The Labute approximate surface area is 151 Å². The first-order valence-corrected chi connectivity index (χ1v) is 8.99. The average Bonchev–Trinajstić information content (AvgIpc) is 2.65. The molecule has 3 rings (SSSR count). The summed E-state index contributed by atoms with van der Waals surface area (Å²) in [6, 6.07) is 10.8. The fourth-order valence-corrected chi connectivity index (χ4v) is 3.56. The molecule has 138 valence electrons. The van der Waals surface area contributed by atoms with Gasteiger partial charge in [-0.15, -0.1) is 0 Å². The molecule has 1 amide bonds. The number of carbonyl (C=O) groups is 1. The molecule has 0 aromatic heterocycles. The predicted molar refractivity (Wildman–Crippen MR) is 95.0 cm³/mol. The summed E-state index contributed by atoms with van der Waals surface area (Å²) in [5.74, 6) is -0.692. The van der Waals surface area contributed by atoms with Gasteiger partial charge in [0.25, 0.3) is 5.91 Å². The molecule has 0 heterocycles. The minimum absolute atomic E-state index is 0.309. The predicted octanol–water partition coefficient (Wildman–Crippen LogP) is 5.47. The number of amides is 1. The molecule has 2 aromatic carbocycles. The highest BCUT2D eigenvalue weighted by atomic mass is 19.4. The molecule has 1 aliphatic carbocycles. The molecule has 0 radical (unpaired) electrons. The van der Waals surface area contributed by atoms with Crippen LogP contribution in [0.4, 0.5) is 13.2 Å². The van der Waals surface area contributed by atoms with Gasteiger partial charge in [0.2, 0.25) is 0 Å². The molecule has 0 saturated heterocycles. The zero-order valence-electron chi connectivity index (χ0n) is 14.7. The SMILES string of the molecule is CCC(NC(=O)c1ccccc1C(F)(F)F)c1ccc2c(c1)CCCC2. The van der Waals surface area contributed by atoms with Crippen LogP contribution < -0.4 is 5.32 Å². The Morgan fingerprint density at radius 2 is 1.77 bits per heavy atom. The van der Waals surface area contributed by atoms with Crippen LogP contribution in [0, 0.1) is 0 Å². The van der Waals surface area contributed by atoms with Gasteiger partial charge in [0.05, 0.1) is 17.2 Å². The molecule has 1 atom stereocenters. The number of aryl methyl sites for hydroxylation is 2. The van der Waals surface area contributed by atoms with Gasteiger partial charge in [-0.3, -0.25) is 4.79 Å². The highest BCUT2D eigenvalue weighted by Gasteiger charge is 2.35. The summed E-state index contributed by atoms with van der Waals surface area (Å²) in [7, 11) is 0. The van der Waals surface area contributed by atoms with Crippen LogP contribution in [0.25, 0.3) is 0 Å². The number of rotatable bonds is 4. The highest BCUT2D eigenvalue weighted by molar-refractivity contribution is 5.96. The third-order valence-corrected chi connectivity index (χ3v) is 4.97. The summed E-state index contributed by atoms with van der Waals surface area (Å²) in [4.78, 5) is 12.5. The molecule has 0 spiro atoms. The first kappa shape index (κ1) is 18.5. The van der Waals surface area contributed by atoms with E-state index in [-0.39, 0.29) is 11.6 Å². The van der Waals surface area contributed by atoms with Crippen molar-refractivity contribution >= 4 is 5.91 Å². The van der Waals surface area contributed by atoms with Crippen molar-refractivity contribution in [3.63, 3.8) is 0 Å². The standard InChI is InChI=1S/C21H22F3NO/c1-2-19(16-12-11-14-7-3-4-8-15(14)13-16)25-20(26)17-9-5-6-10-18(17)21(22,23)24/h5-6,9-13,19H,2-4,7-8H2,1H3,(H,25,26). The van der Waals surface area contributed by atoms with E-state index < -0.39 is 17.6 Å². The van der Waals surface area contributed by atoms with Gasteiger partial charge < -0.3 is 5.32 Å². The maximum atomic E-state index is 13.2. The van der Waals surface area contributed by atoms with Crippen LogP contribution in [0.3, 0.4) is 0 Å². The second kappa shape index (κ2) is 7.52. The van der Waals surface area contributed by atoms with Gasteiger partial charge in [0, 0.05) is 0 Å². The molecule has 0 fully saturated rings. The van der Waals surface area contributed by atoms with E-state index in [9.17, 15) is 18.0 Å². The van der Waals surface area contributed by atoms with Crippen molar-refractivity contribution in [3.8, 4) is 0 Å².